The number of ether oxygens (including phenoxy) is 1. The first-order valence-electron chi connectivity index (χ1n) is 22.3. The first-order valence-corrected chi connectivity index (χ1v) is 22.3. The van der Waals surface area contributed by atoms with Gasteiger partial charge in [-0.25, -0.2) is 13.2 Å². The molecule has 4 aliphatic heterocycles. The number of pyridine rings is 1. The molecule has 2 aromatic carbocycles. The first-order chi connectivity index (χ1) is 30.9. The fraction of sp³-hybridized carbons (Fsp3) is 0.489. The Kier molecular flexibility index (Phi) is 9.81. The summed E-state index contributed by atoms with van der Waals surface area (Å²) in [5.41, 5.74) is 2.65. The summed E-state index contributed by atoms with van der Waals surface area (Å²) in [7, 11) is 3.32. The van der Waals surface area contributed by atoms with E-state index >= 15 is 13.2 Å². The number of fused-ring (bicyclic) bond motifs is 5. The van der Waals surface area contributed by atoms with E-state index in [1.807, 2.05) is 30.3 Å². The number of alkyl halides is 2. The molecule has 3 N–H and O–H groups in total. The van der Waals surface area contributed by atoms with E-state index in [1.54, 1.807) is 24.7 Å². The third kappa shape index (κ3) is 7.07. The van der Waals surface area contributed by atoms with Crippen LogP contribution in [0.2, 0.25) is 0 Å². The molecule has 3 saturated heterocycles. The highest BCUT2D eigenvalue weighted by molar-refractivity contribution is 6.02. The fourth-order valence-corrected chi connectivity index (χ4v) is 10.5. The van der Waals surface area contributed by atoms with Crippen molar-refractivity contribution in [3.05, 3.63) is 70.2 Å². The molecule has 64 heavy (non-hydrogen) atoms. The van der Waals surface area contributed by atoms with E-state index in [0.29, 0.717) is 75.5 Å². The van der Waals surface area contributed by atoms with E-state index in [0.717, 1.165) is 64.2 Å². The quantitative estimate of drug-likeness (QED) is 0.163. The minimum absolute atomic E-state index is 0.0778. The number of aryl methyl sites for hydroxylation is 2. The van der Waals surface area contributed by atoms with Crippen molar-refractivity contribution >= 4 is 62.4 Å². The van der Waals surface area contributed by atoms with Gasteiger partial charge in [0.1, 0.15) is 23.5 Å². The summed E-state index contributed by atoms with van der Waals surface area (Å²) in [6, 6.07) is 10.0. The van der Waals surface area contributed by atoms with E-state index < -0.39 is 30.0 Å². The Balaban J connectivity index is 0.750. The van der Waals surface area contributed by atoms with Gasteiger partial charge >= 0.3 is 5.92 Å². The standard InChI is InChI=1S/C45H49F3N12O4/c1-56-32-9-5-27(19-31(32)38-40(43(56)63)64-22-45(47,48)41(54-38)26-3-4-26)51-34-20-33(52-44-49-23-50-60(34)44)59-17-11-24(12-18-59)21-58-15-13-25(14-16-58)28-6-7-29-37(55-57(2)39(29)36(28)46)30-8-10-35(61)53-42(30)62/h5-7,9,19-20,23-26,30,41,51,54H,3-4,8,10-18,21-22H2,1-2H3,(H,53,61,62)/t30?,41-/m0/s1. The Hall–Kier alpha value is -6.24. The number of piperidine rings is 3. The van der Waals surface area contributed by atoms with Crippen LogP contribution in [0.5, 0.6) is 5.75 Å². The number of carbonyl (C=O) groups excluding carboxylic acids is 2. The lowest BCUT2D eigenvalue weighted by Gasteiger charge is -2.38. The smallest absolute Gasteiger partial charge is 0.301 e. The maximum Gasteiger partial charge on any atom is 0.301 e. The molecule has 6 aromatic rings. The summed E-state index contributed by atoms with van der Waals surface area (Å²) in [5, 5.41) is 19.1. The second-order valence-electron chi connectivity index (χ2n) is 18.3. The molecular formula is C45H49F3N12O4. The van der Waals surface area contributed by atoms with E-state index in [-0.39, 0.29) is 47.3 Å². The molecule has 2 atom stereocenters. The monoisotopic (exact) mass is 878 g/mol. The summed E-state index contributed by atoms with van der Waals surface area (Å²) in [5.74, 6) is -2.58. The molecule has 11 rings (SSSR count). The van der Waals surface area contributed by atoms with Crippen LogP contribution in [0.25, 0.3) is 27.6 Å². The predicted octanol–water partition coefficient (Wildman–Crippen LogP) is 5.58. The summed E-state index contributed by atoms with van der Waals surface area (Å²) >= 11 is 0. The van der Waals surface area contributed by atoms with Gasteiger partial charge in [-0.1, -0.05) is 12.1 Å². The van der Waals surface area contributed by atoms with Gasteiger partial charge in [-0.15, -0.1) is 0 Å². The zero-order chi connectivity index (χ0) is 44.0. The Bertz CT molecular complexity index is 2910. The van der Waals surface area contributed by atoms with E-state index in [1.165, 1.54) is 15.6 Å². The number of amides is 2. The van der Waals surface area contributed by atoms with Crippen molar-refractivity contribution < 1.29 is 27.5 Å². The molecule has 19 heteroatoms. The normalized spacial score (nSPS) is 22.4. The Morgan fingerprint density at radius 1 is 0.938 bits per heavy atom. The number of nitrogens with one attached hydrogen (secondary N) is 3. The predicted molar refractivity (Wildman–Crippen MR) is 233 cm³/mol. The summed E-state index contributed by atoms with van der Waals surface area (Å²) in [6.45, 7) is 3.48. The second kappa shape index (κ2) is 15.5. The van der Waals surface area contributed by atoms with E-state index in [9.17, 15) is 14.4 Å². The number of likely N-dealkylation sites (tertiary alicyclic amines) is 1. The van der Waals surface area contributed by atoms with Gasteiger partial charge in [0.15, 0.2) is 12.4 Å². The van der Waals surface area contributed by atoms with E-state index in [4.69, 9.17) is 9.72 Å². The van der Waals surface area contributed by atoms with E-state index in [2.05, 4.69) is 40.9 Å². The van der Waals surface area contributed by atoms with Crippen molar-refractivity contribution in [2.45, 2.75) is 75.2 Å². The number of anilines is 4. The summed E-state index contributed by atoms with van der Waals surface area (Å²) < 4.78 is 56.8. The highest BCUT2D eigenvalue weighted by atomic mass is 19.3. The molecule has 1 unspecified atom stereocenters. The third-order valence-corrected chi connectivity index (χ3v) is 14.2. The molecule has 16 nitrogen and oxygen atoms in total. The van der Waals surface area contributed by atoms with Crippen molar-refractivity contribution in [3.8, 4) is 5.75 Å². The molecule has 8 heterocycles. The Labute approximate surface area is 365 Å². The number of imide groups is 1. The minimum Gasteiger partial charge on any atom is -0.480 e. The second-order valence-corrected chi connectivity index (χ2v) is 18.3. The number of aromatic nitrogens is 7. The van der Waals surface area contributed by atoms with Gasteiger partial charge < -0.3 is 29.7 Å². The molecule has 4 aromatic heterocycles. The van der Waals surface area contributed by atoms with Gasteiger partial charge in [0.25, 0.3) is 11.3 Å². The molecular weight excluding hydrogens is 830 g/mol. The molecule has 1 saturated carbocycles. The van der Waals surface area contributed by atoms with Gasteiger partial charge in [0.05, 0.1) is 28.9 Å². The minimum atomic E-state index is -3.14. The lowest BCUT2D eigenvalue weighted by atomic mass is 9.86. The summed E-state index contributed by atoms with van der Waals surface area (Å²) in [4.78, 5) is 51.7. The first kappa shape index (κ1) is 40.5. The summed E-state index contributed by atoms with van der Waals surface area (Å²) in [6.07, 6.45) is 7.09. The highest BCUT2D eigenvalue weighted by Gasteiger charge is 2.51. The SMILES string of the molecule is Cn1nc(C2CCC(=O)NC2=O)c2ccc(C3CCN(CC4CCN(c5cc(Nc6ccc7c(c6)c6c(c(=O)n7C)OCC(F)(F)[C@H](C7CC7)N6)n6ncnc6n5)CC4)CC3)c(F)c21. The zero-order valence-corrected chi connectivity index (χ0v) is 35.6. The van der Waals surface area contributed by atoms with Crippen LogP contribution >= 0.6 is 0 Å². The topological polar surface area (TPSA) is 169 Å². The van der Waals surface area contributed by atoms with Crippen LogP contribution in [0.4, 0.5) is 36.2 Å². The average molecular weight is 879 g/mol. The molecule has 0 spiro atoms. The molecule has 5 aliphatic rings. The highest BCUT2D eigenvalue weighted by Crippen LogP contribution is 2.46. The molecule has 2 amide bonds. The zero-order valence-electron chi connectivity index (χ0n) is 35.6. The van der Waals surface area contributed by atoms with Crippen LogP contribution in [0.15, 0.2) is 47.5 Å². The third-order valence-electron chi connectivity index (χ3n) is 14.2. The maximum absolute atomic E-state index is 16.2. The number of rotatable bonds is 8. The molecule has 1 aliphatic carbocycles. The van der Waals surface area contributed by atoms with Crippen molar-refractivity contribution in [2.24, 2.45) is 25.9 Å². The Morgan fingerprint density at radius 2 is 1.73 bits per heavy atom. The number of benzene rings is 2. The van der Waals surface area contributed by atoms with Crippen LogP contribution < -0.4 is 31.1 Å². The van der Waals surface area contributed by atoms with Crippen LogP contribution in [-0.4, -0.2) is 102 Å². The van der Waals surface area contributed by atoms with Gasteiger partial charge in [0, 0.05) is 62.7 Å². The van der Waals surface area contributed by atoms with Gasteiger partial charge in [-0.3, -0.25) is 24.4 Å². The van der Waals surface area contributed by atoms with Crippen LogP contribution in [0.1, 0.15) is 74.5 Å². The molecule has 0 bridgehead atoms. The average Bonchev–Trinajstić information content (AvgIpc) is 3.93. The van der Waals surface area contributed by atoms with Gasteiger partial charge in [-0.05, 0) is 99.6 Å². The largest absolute Gasteiger partial charge is 0.480 e. The fourth-order valence-electron chi connectivity index (χ4n) is 10.5. The van der Waals surface area contributed by atoms with Crippen LogP contribution in [0, 0.1) is 17.7 Å². The number of hydrogen-bond donors (Lipinski definition) is 3. The van der Waals surface area contributed by atoms with Crippen molar-refractivity contribution in [3.63, 3.8) is 0 Å². The number of halogens is 3. The number of hydrogen-bond acceptors (Lipinski definition) is 12. The maximum atomic E-state index is 16.2. The van der Waals surface area contributed by atoms with Gasteiger partial charge in [0.2, 0.25) is 17.6 Å². The van der Waals surface area contributed by atoms with Crippen LogP contribution in [-0.2, 0) is 23.7 Å². The molecule has 334 valence electrons. The molecule has 4 fully saturated rings. The lowest BCUT2D eigenvalue weighted by Crippen LogP contribution is -2.44. The van der Waals surface area contributed by atoms with Gasteiger partial charge in [-0.2, -0.15) is 24.7 Å². The lowest BCUT2D eigenvalue weighted by molar-refractivity contribution is -0.134. The van der Waals surface area contributed by atoms with Crippen molar-refractivity contribution in [1.29, 1.82) is 0 Å². The van der Waals surface area contributed by atoms with Crippen molar-refractivity contribution in [2.75, 3.05) is 54.9 Å². The van der Waals surface area contributed by atoms with Crippen molar-refractivity contribution in [1.82, 2.24) is 44.1 Å². The Morgan fingerprint density at radius 3 is 2.50 bits per heavy atom. The number of carbonyl (C=O) groups is 2. The number of nitrogens with zero attached hydrogens (tertiary/aromatic N) is 9. The van der Waals surface area contributed by atoms with Crippen LogP contribution in [0.3, 0.4) is 0 Å². The molecule has 0 radical (unpaired) electrons.